The number of amides is 2. The molecule has 0 bridgehead atoms. The smallest absolute Gasteiger partial charge is 0.251 e. The maximum atomic E-state index is 13.0. The molecule has 0 unspecified atom stereocenters. The summed E-state index contributed by atoms with van der Waals surface area (Å²) in [6.45, 7) is 7.23. The molecule has 1 fully saturated rings. The van der Waals surface area contributed by atoms with E-state index in [1.165, 1.54) is 0 Å². The van der Waals surface area contributed by atoms with E-state index in [1.54, 1.807) is 29.7 Å². The number of carbonyl (C=O) groups is 2. The van der Waals surface area contributed by atoms with Crippen LogP contribution in [0.5, 0.6) is 5.75 Å². The first kappa shape index (κ1) is 26.1. The summed E-state index contributed by atoms with van der Waals surface area (Å²) in [6.07, 6.45) is 5.77. The summed E-state index contributed by atoms with van der Waals surface area (Å²) in [7, 11) is 0. The van der Waals surface area contributed by atoms with Gasteiger partial charge in [0.2, 0.25) is 5.91 Å². The Balaban J connectivity index is 1.41. The lowest BCUT2D eigenvalue weighted by molar-refractivity contribution is -0.130. The summed E-state index contributed by atoms with van der Waals surface area (Å²) in [5, 5.41) is 13.1. The lowest BCUT2D eigenvalue weighted by Crippen LogP contribution is -2.44. The van der Waals surface area contributed by atoms with Crippen molar-refractivity contribution in [2.75, 3.05) is 13.1 Å². The number of pyridine rings is 1. The van der Waals surface area contributed by atoms with Gasteiger partial charge in [-0.3, -0.25) is 24.7 Å². The molecule has 2 amide bonds. The average molecular weight is 501 g/mol. The minimum atomic E-state index is -0.523. The van der Waals surface area contributed by atoms with Crippen molar-refractivity contribution in [3.05, 3.63) is 71.4 Å². The maximum Gasteiger partial charge on any atom is 0.251 e. The largest absolute Gasteiger partial charge is 0.489 e. The molecule has 1 aliphatic rings. The van der Waals surface area contributed by atoms with Crippen LogP contribution >= 0.6 is 0 Å². The van der Waals surface area contributed by atoms with Crippen molar-refractivity contribution < 1.29 is 19.5 Å². The van der Waals surface area contributed by atoms with E-state index in [-0.39, 0.29) is 24.3 Å². The Bertz CT molecular complexity index is 1330. The molecule has 1 aliphatic heterocycles. The van der Waals surface area contributed by atoms with Gasteiger partial charge in [-0.25, -0.2) is 5.48 Å². The topological polar surface area (TPSA) is 104 Å². The predicted molar refractivity (Wildman–Crippen MR) is 141 cm³/mol. The van der Waals surface area contributed by atoms with E-state index in [0.717, 1.165) is 22.2 Å². The Labute approximate surface area is 217 Å². The van der Waals surface area contributed by atoms with E-state index < -0.39 is 11.4 Å². The predicted octanol–water partition coefficient (Wildman–Crippen LogP) is 3.46. The first-order chi connectivity index (χ1) is 17.7. The summed E-state index contributed by atoms with van der Waals surface area (Å²) >= 11 is 0. The number of fused-ring (bicyclic) bond motifs is 1. The first-order valence-corrected chi connectivity index (χ1v) is 12.2. The van der Waals surface area contributed by atoms with Crippen molar-refractivity contribution in [2.45, 2.75) is 45.4 Å². The molecule has 3 N–H and O–H groups in total. The van der Waals surface area contributed by atoms with E-state index in [1.807, 2.05) is 51.1 Å². The van der Waals surface area contributed by atoms with E-state index in [0.29, 0.717) is 31.0 Å². The van der Waals surface area contributed by atoms with Crippen LogP contribution in [0.2, 0.25) is 0 Å². The number of rotatable bonds is 8. The number of para-hydroxylation sites is 1. The van der Waals surface area contributed by atoms with Gasteiger partial charge in [0.1, 0.15) is 12.4 Å². The second-order valence-corrected chi connectivity index (χ2v) is 9.94. The zero-order valence-electron chi connectivity index (χ0n) is 21.3. The van der Waals surface area contributed by atoms with Crippen molar-refractivity contribution in [1.29, 1.82) is 0 Å². The number of hydrogen-bond acceptors (Lipinski definition) is 6. The molecule has 2 atom stereocenters. The van der Waals surface area contributed by atoms with Crippen molar-refractivity contribution in [3.63, 3.8) is 0 Å². The Hall–Kier alpha value is -3.93. The third-order valence-electron chi connectivity index (χ3n) is 6.91. The molecule has 37 heavy (non-hydrogen) atoms. The number of likely N-dealkylation sites (tertiary alicyclic amines) is 1. The fourth-order valence-corrected chi connectivity index (χ4v) is 4.70. The molecule has 0 saturated carbocycles. The third kappa shape index (κ3) is 6.08. The number of aryl methyl sites for hydroxylation is 1. The van der Waals surface area contributed by atoms with Crippen molar-refractivity contribution >= 4 is 22.7 Å². The molecule has 1 saturated heterocycles. The van der Waals surface area contributed by atoms with Crippen LogP contribution in [0.15, 0.2) is 54.6 Å². The highest BCUT2D eigenvalue weighted by molar-refractivity contribution is 5.94. The Morgan fingerprint density at radius 2 is 1.92 bits per heavy atom. The van der Waals surface area contributed by atoms with Gasteiger partial charge >= 0.3 is 0 Å². The minimum Gasteiger partial charge on any atom is -0.489 e. The fraction of sp³-hybridized carbons (Fsp3) is 0.345. The summed E-state index contributed by atoms with van der Waals surface area (Å²) in [4.78, 5) is 31.5. The molecule has 2 heterocycles. The van der Waals surface area contributed by atoms with E-state index >= 15 is 0 Å². The monoisotopic (exact) mass is 500 g/mol. The lowest BCUT2D eigenvalue weighted by Gasteiger charge is -2.30. The highest BCUT2D eigenvalue weighted by atomic mass is 16.5. The highest BCUT2D eigenvalue weighted by Gasteiger charge is 2.40. The number of nitrogens with zero attached hydrogens (tertiary/aromatic N) is 2. The quantitative estimate of drug-likeness (QED) is 0.249. The normalized spacial score (nSPS) is 17.8. The molecule has 0 radical (unpaired) electrons. The second kappa shape index (κ2) is 11.0. The number of ether oxygens (including phenoxy) is 1. The zero-order chi connectivity index (χ0) is 26.6. The van der Waals surface area contributed by atoms with Gasteiger partial charge in [0.05, 0.1) is 11.1 Å². The van der Waals surface area contributed by atoms with Crippen LogP contribution in [-0.2, 0) is 11.4 Å². The van der Waals surface area contributed by atoms with Gasteiger partial charge in [0.15, 0.2) is 0 Å². The highest BCUT2D eigenvalue weighted by Crippen LogP contribution is 2.27. The first-order valence-electron chi connectivity index (χ1n) is 12.2. The molecular formula is C29H32N4O4. The summed E-state index contributed by atoms with van der Waals surface area (Å²) in [5.74, 6) is 2.48. The maximum absolute atomic E-state index is 13.0. The molecule has 1 aromatic heterocycles. The van der Waals surface area contributed by atoms with E-state index in [2.05, 4.69) is 21.1 Å². The molecule has 8 nitrogen and oxygen atoms in total. The number of aromatic nitrogens is 1. The fourth-order valence-electron chi connectivity index (χ4n) is 4.70. The van der Waals surface area contributed by atoms with E-state index in [9.17, 15) is 9.59 Å². The molecule has 8 heteroatoms. The third-order valence-corrected chi connectivity index (χ3v) is 6.91. The lowest BCUT2D eigenvalue weighted by atomic mass is 9.99. The van der Waals surface area contributed by atoms with Gasteiger partial charge < -0.3 is 10.1 Å². The summed E-state index contributed by atoms with van der Waals surface area (Å²) in [5.41, 5.74) is 4.54. The van der Waals surface area contributed by atoms with Crippen LogP contribution < -0.4 is 15.5 Å². The molecule has 2 aromatic carbocycles. The van der Waals surface area contributed by atoms with Gasteiger partial charge in [-0.1, -0.05) is 24.1 Å². The number of nitrogens with one attached hydrogen (secondary N) is 2. The Morgan fingerprint density at radius 3 is 2.62 bits per heavy atom. The van der Waals surface area contributed by atoms with Crippen LogP contribution in [0.4, 0.5) is 0 Å². The molecule has 0 spiro atoms. The van der Waals surface area contributed by atoms with Crippen molar-refractivity contribution in [2.24, 2.45) is 5.92 Å². The van der Waals surface area contributed by atoms with Gasteiger partial charge in [-0.05, 0) is 57.2 Å². The van der Waals surface area contributed by atoms with Crippen molar-refractivity contribution in [1.82, 2.24) is 20.7 Å². The minimum absolute atomic E-state index is 0.0779. The molecular weight excluding hydrogens is 468 g/mol. The van der Waals surface area contributed by atoms with Gasteiger partial charge in [-0.2, -0.15) is 0 Å². The number of hydroxylamine groups is 1. The van der Waals surface area contributed by atoms with Crippen LogP contribution in [0.3, 0.4) is 0 Å². The molecule has 192 valence electrons. The van der Waals surface area contributed by atoms with Gasteiger partial charge in [0.25, 0.3) is 5.91 Å². The Kier molecular flexibility index (Phi) is 7.77. The summed E-state index contributed by atoms with van der Waals surface area (Å²) in [6, 6.07) is 16.6. The van der Waals surface area contributed by atoms with Crippen LogP contribution in [-0.4, -0.2) is 51.6 Å². The SMILES string of the molecule is C#CC(C)(C)N1C[C@H](CC(=O)NO)[C@H](NC(=O)c2ccc(OCc3cc(C)nc4ccccc34)cc2)C1. The van der Waals surface area contributed by atoms with E-state index in [4.69, 9.17) is 16.4 Å². The standard InChI is InChI=1S/C29H32N4O4/c1-5-29(3,4)33-16-21(15-27(34)32-36)26(17-33)31-28(35)20-10-12-23(13-11-20)37-18-22-14-19(2)30-25-9-7-6-8-24(22)25/h1,6-14,21,26,36H,15-18H2,2-4H3,(H,31,35)(H,32,34)/t21-,26+/m0/s1. The molecule has 0 aliphatic carbocycles. The number of benzene rings is 2. The number of terminal acetylenes is 1. The second-order valence-electron chi connectivity index (χ2n) is 9.94. The Morgan fingerprint density at radius 1 is 1.19 bits per heavy atom. The van der Waals surface area contributed by atoms with Gasteiger partial charge in [-0.15, -0.1) is 6.42 Å². The summed E-state index contributed by atoms with van der Waals surface area (Å²) < 4.78 is 6.01. The average Bonchev–Trinajstić information content (AvgIpc) is 3.30. The van der Waals surface area contributed by atoms with Crippen LogP contribution in [0.1, 0.15) is 41.9 Å². The molecule has 3 aromatic rings. The molecule has 4 rings (SSSR count). The number of hydrogen-bond donors (Lipinski definition) is 3. The number of carbonyl (C=O) groups excluding carboxylic acids is 2. The van der Waals surface area contributed by atoms with Gasteiger partial charge in [0, 0.05) is 53.7 Å². The van der Waals surface area contributed by atoms with Crippen molar-refractivity contribution in [3.8, 4) is 18.1 Å². The van der Waals surface area contributed by atoms with Crippen LogP contribution in [0, 0.1) is 25.2 Å². The zero-order valence-corrected chi connectivity index (χ0v) is 21.3. The van der Waals surface area contributed by atoms with Crippen LogP contribution in [0.25, 0.3) is 10.9 Å².